The molecule has 6 nitrogen and oxygen atoms in total. The number of nitrogens with zero attached hydrogens (tertiary/aromatic N) is 3. The molecule has 0 aliphatic carbocycles. The summed E-state index contributed by atoms with van der Waals surface area (Å²) >= 11 is 0. The van der Waals surface area contributed by atoms with Crippen LogP contribution in [-0.4, -0.2) is 26.3 Å². The van der Waals surface area contributed by atoms with Crippen molar-refractivity contribution in [2.75, 3.05) is 0 Å². The Morgan fingerprint density at radius 2 is 2.28 bits per heavy atom. The van der Waals surface area contributed by atoms with Gasteiger partial charge in [0.25, 0.3) is 5.91 Å². The average molecular weight is 245 g/mol. The van der Waals surface area contributed by atoms with Gasteiger partial charge in [0, 0.05) is 6.20 Å². The van der Waals surface area contributed by atoms with E-state index in [1.165, 1.54) is 6.20 Å². The average Bonchev–Trinajstić information content (AvgIpc) is 2.91. The maximum absolute atomic E-state index is 11.9. The van der Waals surface area contributed by atoms with Crippen molar-refractivity contribution >= 4 is 5.91 Å². The van der Waals surface area contributed by atoms with Crippen LogP contribution in [-0.2, 0) is 0 Å². The smallest absolute Gasteiger partial charge is 0.273 e. The van der Waals surface area contributed by atoms with Crippen LogP contribution in [0.3, 0.4) is 0 Å². The first-order valence-electron chi connectivity index (χ1n) is 5.80. The molecular formula is C12H15N5O. The van der Waals surface area contributed by atoms with E-state index in [4.69, 9.17) is 0 Å². The van der Waals surface area contributed by atoms with E-state index in [0.29, 0.717) is 0 Å². The number of amides is 1. The van der Waals surface area contributed by atoms with E-state index in [1.54, 1.807) is 6.20 Å². The minimum Gasteiger partial charge on any atom is -0.342 e. The fourth-order valence-corrected chi connectivity index (χ4v) is 1.61. The highest BCUT2D eigenvalue weighted by atomic mass is 16.2. The van der Waals surface area contributed by atoms with Gasteiger partial charge in [-0.25, -0.2) is 0 Å². The molecule has 0 saturated carbocycles. The summed E-state index contributed by atoms with van der Waals surface area (Å²) < 4.78 is 0. The normalized spacial score (nSPS) is 12.1. The number of nitrogens with one attached hydrogen (secondary N) is 2. The molecule has 0 saturated heterocycles. The first-order chi connectivity index (χ1) is 8.70. The molecule has 2 rings (SSSR count). The topological polar surface area (TPSA) is 83.6 Å². The van der Waals surface area contributed by atoms with Gasteiger partial charge in [-0.2, -0.15) is 15.4 Å². The van der Waals surface area contributed by atoms with Crippen molar-refractivity contribution in [3.8, 4) is 0 Å². The van der Waals surface area contributed by atoms with Crippen LogP contribution in [0, 0.1) is 6.92 Å². The van der Waals surface area contributed by atoms with Gasteiger partial charge in [-0.3, -0.25) is 9.78 Å². The van der Waals surface area contributed by atoms with E-state index in [2.05, 4.69) is 25.7 Å². The third kappa shape index (κ3) is 2.71. The summed E-state index contributed by atoms with van der Waals surface area (Å²) in [6.07, 6.45) is 3.95. The summed E-state index contributed by atoms with van der Waals surface area (Å²) in [7, 11) is 0. The van der Waals surface area contributed by atoms with Crippen LogP contribution in [0.15, 0.2) is 24.5 Å². The van der Waals surface area contributed by atoms with Crippen molar-refractivity contribution < 1.29 is 4.79 Å². The van der Waals surface area contributed by atoms with E-state index < -0.39 is 0 Å². The second kappa shape index (κ2) is 5.39. The molecular weight excluding hydrogens is 230 g/mol. The molecule has 0 radical (unpaired) electrons. The predicted molar refractivity (Wildman–Crippen MR) is 65.9 cm³/mol. The molecule has 2 N–H and O–H groups in total. The van der Waals surface area contributed by atoms with E-state index in [0.717, 1.165) is 17.7 Å². The Kier molecular flexibility index (Phi) is 3.66. The zero-order valence-corrected chi connectivity index (χ0v) is 10.3. The third-order valence-electron chi connectivity index (χ3n) is 2.65. The van der Waals surface area contributed by atoms with Crippen molar-refractivity contribution in [2.24, 2.45) is 0 Å². The Balaban J connectivity index is 2.10. The molecule has 2 heterocycles. The summed E-state index contributed by atoms with van der Waals surface area (Å²) in [4.78, 5) is 16.2. The number of aromatic amines is 1. The van der Waals surface area contributed by atoms with Gasteiger partial charge in [-0.05, 0) is 25.0 Å². The molecule has 0 spiro atoms. The molecule has 0 aliphatic rings. The Hall–Kier alpha value is -2.24. The van der Waals surface area contributed by atoms with Crippen LogP contribution in [0.2, 0.25) is 0 Å². The van der Waals surface area contributed by atoms with Crippen LogP contribution >= 0.6 is 0 Å². The first kappa shape index (κ1) is 12.2. The fourth-order valence-electron chi connectivity index (χ4n) is 1.61. The van der Waals surface area contributed by atoms with Crippen LogP contribution in [0.4, 0.5) is 0 Å². The number of carbonyl (C=O) groups is 1. The zero-order chi connectivity index (χ0) is 13.0. The molecule has 2 aromatic rings. The van der Waals surface area contributed by atoms with Gasteiger partial charge in [0.1, 0.15) is 0 Å². The highest BCUT2D eigenvalue weighted by Gasteiger charge is 2.16. The molecule has 0 unspecified atom stereocenters. The molecule has 1 amide bonds. The summed E-state index contributed by atoms with van der Waals surface area (Å²) in [5, 5.41) is 12.6. The highest BCUT2D eigenvalue weighted by molar-refractivity contribution is 5.92. The quantitative estimate of drug-likeness (QED) is 0.852. The molecule has 18 heavy (non-hydrogen) atoms. The van der Waals surface area contributed by atoms with Crippen molar-refractivity contribution in [2.45, 2.75) is 26.3 Å². The van der Waals surface area contributed by atoms with E-state index in [1.807, 2.05) is 26.0 Å². The van der Waals surface area contributed by atoms with Crippen LogP contribution < -0.4 is 5.32 Å². The predicted octanol–water partition coefficient (Wildman–Crippen LogP) is 1.39. The Morgan fingerprint density at radius 3 is 2.83 bits per heavy atom. The number of carbonyl (C=O) groups excluding carboxylic acids is 1. The van der Waals surface area contributed by atoms with Crippen molar-refractivity contribution in [1.82, 2.24) is 25.7 Å². The Labute approximate surface area is 105 Å². The lowest BCUT2D eigenvalue weighted by atomic mass is 10.1. The monoisotopic (exact) mass is 245 g/mol. The summed E-state index contributed by atoms with van der Waals surface area (Å²) in [6, 6.07) is 3.79. The lowest BCUT2D eigenvalue weighted by molar-refractivity contribution is 0.0929. The van der Waals surface area contributed by atoms with E-state index in [-0.39, 0.29) is 17.6 Å². The van der Waals surface area contributed by atoms with Crippen LogP contribution in [0.1, 0.15) is 41.1 Å². The molecule has 0 fully saturated rings. The van der Waals surface area contributed by atoms with Gasteiger partial charge in [0.2, 0.25) is 0 Å². The second-order valence-electron chi connectivity index (χ2n) is 4.05. The number of hydrogen-bond donors (Lipinski definition) is 2. The zero-order valence-electron chi connectivity index (χ0n) is 10.3. The number of aromatic nitrogens is 4. The standard InChI is InChI=1S/C12H15N5O/c1-3-9(10-5-4-8(2)6-13-10)15-12(18)11-7-14-17-16-11/h4-7,9H,3H2,1-2H3,(H,15,18)(H,14,16,17)/t9-/m1/s1. The lowest BCUT2D eigenvalue weighted by Gasteiger charge is -2.15. The lowest BCUT2D eigenvalue weighted by Crippen LogP contribution is -2.29. The van der Waals surface area contributed by atoms with Crippen molar-refractivity contribution in [1.29, 1.82) is 0 Å². The summed E-state index contributed by atoms with van der Waals surface area (Å²) in [6.45, 7) is 3.97. The number of aryl methyl sites for hydroxylation is 1. The number of hydrogen-bond acceptors (Lipinski definition) is 4. The number of rotatable bonds is 4. The molecule has 0 bridgehead atoms. The van der Waals surface area contributed by atoms with Gasteiger partial charge in [0.05, 0.1) is 17.9 Å². The molecule has 2 aromatic heterocycles. The van der Waals surface area contributed by atoms with Crippen molar-refractivity contribution in [3.05, 3.63) is 41.5 Å². The molecule has 1 atom stereocenters. The highest BCUT2D eigenvalue weighted by Crippen LogP contribution is 2.14. The summed E-state index contributed by atoms with van der Waals surface area (Å²) in [5.74, 6) is -0.252. The van der Waals surface area contributed by atoms with E-state index in [9.17, 15) is 4.79 Å². The fraction of sp³-hybridized carbons (Fsp3) is 0.333. The second-order valence-corrected chi connectivity index (χ2v) is 4.05. The van der Waals surface area contributed by atoms with Crippen LogP contribution in [0.5, 0.6) is 0 Å². The maximum atomic E-state index is 11.9. The van der Waals surface area contributed by atoms with Gasteiger partial charge < -0.3 is 5.32 Å². The van der Waals surface area contributed by atoms with Gasteiger partial charge in [0.15, 0.2) is 5.69 Å². The molecule has 6 heteroatoms. The Morgan fingerprint density at radius 1 is 1.44 bits per heavy atom. The van der Waals surface area contributed by atoms with Gasteiger partial charge in [-0.15, -0.1) is 0 Å². The van der Waals surface area contributed by atoms with Gasteiger partial charge >= 0.3 is 0 Å². The first-order valence-corrected chi connectivity index (χ1v) is 5.80. The SMILES string of the molecule is CC[C@@H](NC(=O)c1cn[nH]n1)c1ccc(C)cn1. The number of pyridine rings is 1. The number of H-pyrrole nitrogens is 1. The maximum Gasteiger partial charge on any atom is 0.273 e. The molecule has 94 valence electrons. The minimum atomic E-state index is -0.252. The Bertz CT molecular complexity index is 506. The summed E-state index contributed by atoms with van der Waals surface area (Å²) in [5.41, 5.74) is 2.22. The van der Waals surface area contributed by atoms with E-state index >= 15 is 0 Å². The third-order valence-corrected chi connectivity index (χ3v) is 2.65. The van der Waals surface area contributed by atoms with Crippen molar-refractivity contribution in [3.63, 3.8) is 0 Å². The molecule has 0 aromatic carbocycles. The largest absolute Gasteiger partial charge is 0.342 e. The molecule has 0 aliphatic heterocycles. The van der Waals surface area contributed by atoms with Crippen LogP contribution in [0.25, 0.3) is 0 Å². The van der Waals surface area contributed by atoms with Gasteiger partial charge in [-0.1, -0.05) is 13.0 Å². The minimum absolute atomic E-state index is 0.116.